The minimum atomic E-state index is -0.536. The van der Waals surface area contributed by atoms with Crippen LogP contribution in [0.25, 0.3) is 0 Å². The van der Waals surface area contributed by atoms with Crippen LogP contribution in [0.5, 0.6) is 0 Å². The highest BCUT2D eigenvalue weighted by Crippen LogP contribution is 2.41. The van der Waals surface area contributed by atoms with Gasteiger partial charge in [0.1, 0.15) is 5.54 Å². The van der Waals surface area contributed by atoms with Crippen LogP contribution in [-0.4, -0.2) is 62.9 Å². The molecule has 0 radical (unpaired) electrons. The number of nitrogens with one attached hydrogen (secondary N) is 1. The summed E-state index contributed by atoms with van der Waals surface area (Å²) in [5.74, 6) is 0.278. The highest BCUT2D eigenvalue weighted by atomic mass is 16.5. The van der Waals surface area contributed by atoms with Crippen molar-refractivity contribution >= 4 is 5.97 Å². The SMILES string of the molecule is CNC(CN1CCOC(C)C1)(C(=O)OC)C1CC1. The zero-order valence-corrected chi connectivity index (χ0v) is 11.6. The van der Waals surface area contributed by atoms with Gasteiger partial charge in [-0.2, -0.15) is 0 Å². The second-order valence-corrected chi connectivity index (χ2v) is 5.40. The Labute approximate surface area is 109 Å². The summed E-state index contributed by atoms with van der Waals surface area (Å²) in [5, 5.41) is 3.23. The highest BCUT2D eigenvalue weighted by Gasteiger charge is 2.51. The first-order chi connectivity index (χ1) is 8.62. The second kappa shape index (κ2) is 5.55. The predicted octanol–water partition coefficient (Wildman–Crippen LogP) is 0.248. The van der Waals surface area contributed by atoms with Crippen LogP contribution in [0.15, 0.2) is 0 Å². The van der Waals surface area contributed by atoms with E-state index in [0.717, 1.165) is 32.5 Å². The third-order valence-electron chi connectivity index (χ3n) is 4.07. The van der Waals surface area contributed by atoms with Crippen molar-refractivity contribution in [3.8, 4) is 0 Å². The number of ether oxygens (including phenoxy) is 2. The van der Waals surface area contributed by atoms with Gasteiger partial charge in [-0.15, -0.1) is 0 Å². The maximum Gasteiger partial charge on any atom is 0.327 e. The van der Waals surface area contributed by atoms with Gasteiger partial charge in [0.2, 0.25) is 0 Å². The lowest BCUT2D eigenvalue weighted by molar-refractivity contribution is -0.151. The number of hydrogen-bond acceptors (Lipinski definition) is 5. The molecule has 1 N–H and O–H groups in total. The monoisotopic (exact) mass is 256 g/mol. The third-order valence-corrected chi connectivity index (χ3v) is 4.07. The number of rotatable bonds is 5. The van der Waals surface area contributed by atoms with Crippen molar-refractivity contribution in [1.29, 1.82) is 0 Å². The van der Waals surface area contributed by atoms with Crippen molar-refractivity contribution in [2.45, 2.75) is 31.4 Å². The lowest BCUT2D eigenvalue weighted by Crippen LogP contribution is -2.61. The van der Waals surface area contributed by atoms with E-state index >= 15 is 0 Å². The maximum atomic E-state index is 12.2. The average molecular weight is 256 g/mol. The van der Waals surface area contributed by atoms with Crippen LogP contribution in [0.1, 0.15) is 19.8 Å². The van der Waals surface area contributed by atoms with E-state index in [-0.39, 0.29) is 12.1 Å². The molecule has 1 heterocycles. The molecule has 2 fully saturated rings. The highest BCUT2D eigenvalue weighted by molar-refractivity contribution is 5.82. The molecule has 0 aromatic rings. The van der Waals surface area contributed by atoms with E-state index in [1.807, 2.05) is 7.05 Å². The van der Waals surface area contributed by atoms with Crippen LogP contribution in [0.2, 0.25) is 0 Å². The van der Waals surface area contributed by atoms with Crippen molar-refractivity contribution < 1.29 is 14.3 Å². The average Bonchev–Trinajstić information content (AvgIpc) is 3.19. The summed E-state index contributed by atoms with van der Waals surface area (Å²) in [7, 11) is 3.33. The zero-order valence-electron chi connectivity index (χ0n) is 11.6. The molecule has 2 unspecified atom stereocenters. The van der Waals surface area contributed by atoms with Crippen LogP contribution in [0, 0.1) is 5.92 Å². The minimum Gasteiger partial charge on any atom is -0.468 e. The number of morpholine rings is 1. The van der Waals surface area contributed by atoms with Gasteiger partial charge >= 0.3 is 5.97 Å². The first-order valence-electron chi connectivity index (χ1n) is 6.73. The largest absolute Gasteiger partial charge is 0.468 e. The van der Waals surface area contributed by atoms with Gasteiger partial charge in [0, 0.05) is 19.6 Å². The summed E-state index contributed by atoms with van der Waals surface area (Å²) < 4.78 is 10.6. The Hall–Kier alpha value is -0.650. The molecule has 2 rings (SSSR count). The number of carbonyl (C=O) groups is 1. The van der Waals surface area contributed by atoms with Gasteiger partial charge in [-0.05, 0) is 32.7 Å². The van der Waals surface area contributed by atoms with Gasteiger partial charge in [0.15, 0.2) is 0 Å². The molecule has 0 amide bonds. The molecule has 0 aromatic carbocycles. The lowest BCUT2D eigenvalue weighted by atomic mass is 9.92. The molecule has 1 saturated carbocycles. The molecule has 2 atom stereocenters. The fraction of sp³-hybridized carbons (Fsp3) is 0.923. The second-order valence-electron chi connectivity index (χ2n) is 5.40. The molecule has 0 bridgehead atoms. The fourth-order valence-electron chi connectivity index (χ4n) is 2.89. The molecule has 1 aliphatic carbocycles. The van der Waals surface area contributed by atoms with Gasteiger partial charge in [-0.1, -0.05) is 0 Å². The topological polar surface area (TPSA) is 50.8 Å². The van der Waals surface area contributed by atoms with Gasteiger partial charge in [-0.3, -0.25) is 4.90 Å². The van der Waals surface area contributed by atoms with Crippen LogP contribution >= 0.6 is 0 Å². The molecule has 0 spiro atoms. The van der Waals surface area contributed by atoms with E-state index < -0.39 is 5.54 Å². The number of carbonyl (C=O) groups excluding carboxylic acids is 1. The molecule has 5 nitrogen and oxygen atoms in total. The van der Waals surface area contributed by atoms with E-state index in [1.165, 1.54) is 7.11 Å². The van der Waals surface area contributed by atoms with Crippen molar-refractivity contribution in [3.63, 3.8) is 0 Å². The Morgan fingerprint density at radius 1 is 1.56 bits per heavy atom. The number of hydrogen-bond donors (Lipinski definition) is 1. The first kappa shape index (κ1) is 13.8. The van der Waals surface area contributed by atoms with Gasteiger partial charge in [0.25, 0.3) is 0 Å². The van der Waals surface area contributed by atoms with Crippen molar-refractivity contribution in [3.05, 3.63) is 0 Å². The van der Waals surface area contributed by atoms with Crippen LogP contribution < -0.4 is 5.32 Å². The Balaban J connectivity index is 2.06. The molecular weight excluding hydrogens is 232 g/mol. The Kier molecular flexibility index (Phi) is 4.25. The van der Waals surface area contributed by atoms with Crippen molar-refractivity contribution in [2.75, 3.05) is 40.4 Å². The van der Waals surface area contributed by atoms with E-state index in [2.05, 4.69) is 17.1 Å². The third kappa shape index (κ3) is 2.68. The molecular formula is C13H24N2O3. The first-order valence-corrected chi connectivity index (χ1v) is 6.73. The summed E-state index contributed by atoms with van der Waals surface area (Å²) >= 11 is 0. The molecule has 5 heteroatoms. The van der Waals surface area contributed by atoms with Gasteiger partial charge < -0.3 is 14.8 Å². The minimum absolute atomic E-state index is 0.133. The van der Waals surface area contributed by atoms with Gasteiger partial charge in [0.05, 0.1) is 19.8 Å². The molecule has 1 saturated heterocycles. The molecule has 104 valence electrons. The van der Waals surface area contributed by atoms with Crippen molar-refractivity contribution in [1.82, 2.24) is 10.2 Å². The van der Waals surface area contributed by atoms with E-state index in [4.69, 9.17) is 9.47 Å². The van der Waals surface area contributed by atoms with E-state index in [1.54, 1.807) is 0 Å². The number of nitrogens with zero attached hydrogens (tertiary/aromatic N) is 1. The summed E-state index contributed by atoms with van der Waals surface area (Å²) in [6, 6.07) is 0. The number of methoxy groups -OCH3 is 1. The van der Waals surface area contributed by atoms with Crippen LogP contribution in [0.3, 0.4) is 0 Å². The summed E-state index contributed by atoms with van der Waals surface area (Å²) in [5.41, 5.74) is -0.536. The zero-order chi connectivity index (χ0) is 13.2. The summed E-state index contributed by atoms with van der Waals surface area (Å²) in [6.45, 7) is 5.30. The molecule has 2 aliphatic rings. The smallest absolute Gasteiger partial charge is 0.327 e. The Morgan fingerprint density at radius 2 is 2.28 bits per heavy atom. The lowest BCUT2D eigenvalue weighted by Gasteiger charge is -2.39. The molecule has 0 aromatic heterocycles. The van der Waals surface area contributed by atoms with E-state index in [0.29, 0.717) is 12.5 Å². The van der Waals surface area contributed by atoms with Crippen LogP contribution in [0.4, 0.5) is 0 Å². The summed E-state index contributed by atoms with van der Waals surface area (Å²) in [6.07, 6.45) is 2.45. The number of likely N-dealkylation sites (N-methyl/N-ethyl adjacent to an activating group) is 1. The normalized spacial score (nSPS) is 28.7. The standard InChI is InChI=1S/C13H24N2O3/c1-10-8-15(6-7-18-10)9-13(14-2,11-4-5-11)12(16)17-3/h10-11,14H,4-9H2,1-3H3. The molecule has 1 aliphatic heterocycles. The molecule has 18 heavy (non-hydrogen) atoms. The number of esters is 1. The Morgan fingerprint density at radius 3 is 2.78 bits per heavy atom. The summed E-state index contributed by atoms with van der Waals surface area (Å²) in [4.78, 5) is 14.5. The maximum absolute atomic E-state index is 12.2. The van der Waals surface area contributed by atoms with E-state index in [9.17, 15) is 4.79 Å². The van der Waals surface area contributed by atoms with Gasteiger partial charge in [-0.25, -0.2) is 4.79 Å². The fourth-order valence-corrected chi connectivity index (χ4v) is 2.89. The quantitative estimate of drug-likeness (QED) is 0.715. The van der Waals surface area contributed by atoms with Crippen molar-refractivity contribution in [2.24, 2.45) is 5.92 Å². The Bertz CT molecular complexity index is 307. The predicted molar refractivity (Wildman–Crippen MR) is 68.4 cm³/mol. The van der Waals surface area contributed by atoms with Crippen LogP contribution in [-0.2, 0) is 14.3 Å².